The third-order valence-electron chi connectivity index (χ3n) is 2.29. The molecule has 1 amide bonds. The molecular formula is C10H20N2O3. The van der Waals surface area contributed by atoms with Crippen molar-refractivity contribution in [2.45, 2.75) is 32.7 Å². The van der Waals surface area contributed by atoms with Crippen molar-refractivity contribution < 1.29 is 14.7 Å². The second kappa shape index (κ2) is 7.23. The Morgan fingerprint density at radius 3 is 2.53 bits per heavy atom. The van der Waals surface area contributed by atoms with Gasteiger partial charge in [0, 0.05) is 13.0 Å². The van der Waals surface area contributed by atoms with Crippen LogP contribution in [0.5, 0.6) is 0 Å². The second-order valence-electron chi connectivity index (χ2n) is 3.55. The molecule has 2 N–H and O–H groups in total. The Hall–Kier alpha value is -1.10. The largest absolute Gasteiger partial charge is 0.481 e. The van der Waals surface area contributed by atoms with Crippen molar-refractivity contribution >= 4 is 11.9 Å². The van der Waals surface area contributed by atoms with Gasteiger partial charge in [-0.3, -0.25) is 14.5 Å². The van der Waals surface area contributed by atoms with E-state index in [1.54, 1.807) is 0 Å². The van der Waals surface area contributed by atoms with Gasteiger partial charge in [0.15, 0.2) is 0 Å². The number of hydrogen-bond acceptors (Lipinski definition) is 3. The van der Waals surface area contributed by atoms with Crippen LogP contribution in [0.4, 0.5) is 0 Å². The number of carboxylic acid groups (broad SMARTS) is 1. The predicted octanol–water partition coefficient (Wildman–Crippen LogP) is 0.308. The van der Waals surface area contributed by atoms with E-state index in [1.807, 2.05) is 25.8 Å². The summed E-state index contributed by atoms with van der Waals surface area (Å²) in [5.74, 6) is -0.815. The minimum atomic E-state index is -0.797. The lowest BCUT2D eigenvalue weighted by Gasteiger charge is -2.23. The van der Waals surface area contributed by atoms with E-state index in [1.165, 1.54) is 0 Å². The molecule has 0 saturated carbocycles. The molecule has 0 aromatic heterocycles. The fourth-order valence-electron chi connectivity index (χ4n) is 1.20. The van der Waals surface area contributed by atoms with E-state index in [9.17, 15) is 9.59 Å². The summed E-state index contributed by atoms with van der Waals surface area (Å²) in [5, 5.41) is 11.2. The van der Waals surface area contributed by atoms with E-state index in [0.29, 0.717) is 19.5 Å². The molecule has 5 nitrogen and oxygen atoms in total. The topological polar surface area (TPSA) is 69.6 Å². The van der Waals surface area contributed by atoms with Crippen LogP contribution in [-0.4, -0.2) is 48.1 Å². The Labute approximate surface area is 90.5 Å². The van der Waals surface area contributed by atoms with Crippen LogP contribution in [0.15, 0.2) is 0 Å². The van der Waals surface area contributed by atoms with Crippen LogP contribution in [0, 0.1) is 0 Å². The molecule has 0 saturated heterocycles. The van der Waals surface area contributed by atoms with Gasteiger partial charge in [0.1, 0.15) is 0 Å². The quantitative estimate of drug-likeness (QED) is 0.642. The number of nitrogens with zero attached hydrogens (tertiary/aromatic N) is 1. The summed E-state index contributed by atoms with van der Waals surface area (Å²) in [7, 11) is 1.82. The molecule has 0 aliphatic rings. The molecule has 0 rings (SSSR count). The number of rotatable bonds is 7. The van der Waals surface area contributed by atoms with Crippen molar-refractivity contribution in [1.82, 2.24) is 10.2 Å². The first-order chi connectivity index (χ1) is 6.99. The summed E-state index contributed by atoms with van der Waals surface area (Å²) in [4.78, 5) is 23.6. The zero-order chi connectivity index (χ0) is 11.8. The number of likely N-dealkylation sites (N-methyl/N-ethyl adjacent to an activating group) is 2. The Morgan fingerprint density at radius 2 is 2.07 bits per heavy atom. The molecular weight excluding hydrogens is 196 g/mol. The molecule has 15 heavy (non-hydrogen) atoms. The van der Waals surface area contributed by atoms with Crippen LogP contribution < -0.4 is 5.32 Å². The van der Waals surface area contributed by atoms with Crippen molar-refractivity contribution in [2.24, 2.45) is 0 Å². The van der Waals surface area contributed by atoms with Gasteiger partial charge >= 0.3 is 5.97 Å². The van der Waals surface area contributed by atoms with Crippen LogP contribution in [0.3, 0.4) is 0 Å². The molecule has 1 atom stereocenters. The van der Waals surface area contributed by atoms with Gasteiger partial charge in [-0.05, 0) is 33.9 Å². The van der Waals surface area contributed by atoms with E-state index in [-0.39, 0.29) is 18.4 Å². The van der Waals surface area contributed by atoms with Gasteiger partial charge in [0.25, 0.3) is 0 Å². The van der Waals surface area contributed by atoms with Crippen molar-refractivity contribution in [3.8, 4) is 0 Å². The second-order valence-corrected chi connectivity index (χ2v) is 3.55. The number of aliphatic carboxylic acids is 1. The summed E-state index contributed by atoms with van der Waals surface area (Å²) in [6.45, 7) is 4.91. The molecule has 0 bridgehead atoms. The molecule has 1 unspecified atom stereocenters. The third-order valence-corrected chi connectivity index (χ3v) is 2.29. The summed E-state index contributed by atoms with van der Waals surface area (Å²) in [5.41, 5.74) is 0. The maximum Gasteiger partial charge on any atom is 0.303 e. The highest BCUT2D eigenvalue weighted by Gasteiger charge is 2.16. The lowest BCUT2D eigenvalue weighted by Crippen LogP contribution is -2.43. The molecule has 5 heteroatoms. The van der Waals surface area contributed by atoms with E-state index in [4.69, 9.17) is 5.11 Å². The number of hydrogen-bond donors (Lipinski definition) is 2. The van der Waals surface area contributed by atoms with E-state index in [2.05, 4.69) is 5.32 Å². The summed E-state index contributed by atoms with van der Waals surface area (Å²) < 4.78 is 0. The molecule has 0 aliphatic heterocycles. The molecule has 0 spiro atoms. The normalized spacial score (nSPS) is 12.5. The molecule has 0 aromatic carbocycles. The van der Waals surface area contributed by atoms with Crippen LogP contribution in [0.2, 0.25) is 0 Å². The predicted molar refractivity (Wildman–Crippen MR) is 57.6 cm³/mol. The van der Waals surface area contributed by atoms with Gasteiger partial charge in [0.2, 0.25) is 5.91 Å². The first kappa shape index (κ1) is 13.9. The zero-order valence-electron chi connectivity index (χ0n) is 9.62. The number of carbonyl (C=O) groups excluding carboxylic acids is 1. The average molecular weight is 216 g/mol. The maximum atomic E-state index is 11.4. The molecule has 0 aliphatic carbocycles. The highest BCUT2D eigenvalue weighted by molar-refractivity contribution is 5.81. The first-order valence-electron chi connectivity index (χ1n) is 5.18. The van der Waals surface area contributed by atoms with E-state index >= 15 is 0 Å². The molecule has 88 valence electrons. The number of carboxylic acids is 1. The number of amides is 1. The summed E-state index contributed by atoms with van der Waals surface area (Å²) in [6, 6.07) is -0.209. The van der Waals surface area contributed by atoms with E-state index in [0.717, 1.165) is 0 Å². The lowest BCUT2D eigenvalue weighted by molar-refractivity contribution is -0.137. The molecule has 0 heterocycles. The van der Waals surface area contributed by atoms with Crippen molar-refractivity contribution in [1.29, 1.82) is 0 Å². The Morgan fingerprint density at radius 1 is 1.47 bits per heavy atom. The Bertz CT molecular complexity index is 219. The molecule has 0 aromatic rings. The smallest absolute Gasteiger partial charge is 0.303 e. The number of carbonyl (C=O) groups is 2. The monoisotopic (exact) mass is 216 g/mol. The maximum absolute atomic E-state index is 11.4. The lowest BCUT2D eigenvalue weighted by atomic mass is 10.2. The first-order valence-corrected chi connectivity index (χ1v) is 5.18. The minimum Gasteiger partial charge on any atom is -0.481 e. The fraction of sp³-hybridized carbons (Fsp3) is 0.800. The van der Waals surface area contributed by atoms with Crippen LogP contribution in [0.1, 0.15) is 26.7 Å². The van der Waals surface area contributed by atoms with Crippen molar-refractivity contribution in [2.75, 3.05) is 20.1 Å². The Kier molecular flexibility index (Phi) is 6.70. The number of nitrogens with one attached hydrogen (secondary N) is 1. The minimum absolute atomic E-state index is 0.0182. The van der Waals surface area contributed by atoms with Gasteiger partial charge in [-0.15, -0.1) is 0 Å². The van der Waals surface area contributed by atoms with Crippen molar-refractivity contribution in [3.63, 3.8) is 0 Å². The molecule has 0 fully saturated rings. The van der Waals surface area contributed by atoms with Crippen LogP contribution in [0.25, 0.3) is 0 Å². The van der Waals surface area contributed by atoms with Gasteiger partial charge in [0.05, 0.1) is 6.04 Å². The van der Waals surface area contributed by atoms with E-state index < -0.39 is 5.97 Å². The highest BCUT2D eigenvalue weighted by Crippen LogP contribution is 1.99. The fourth-order valence-corrected chi connectivity index (χ4v) is 1.20. The van der Waals surface area contributed by atoms with Crippen LogP contribution >= 0.6 is 0 Å². The van der Waals surface area contributed by atoms with Gasteiger partial charge in [-0.2, -0.15) is 0 Å². The summed E-state index contributed by atoms with van der Waals surface area (Å²) >= 11 is 0. The Balaban J connectivity index is 3.82. The van der Waals surface area contributed by atoms with Gasteiger partial charge in [-0.1, -0.05) is 0 Å². The standard InChI is InChI=1S/C10H20N2O3/c1-4-11-10(15)8(2)12(3)7-5-6-9(13)14/h8H,4-7H2,1-3H3,(H,11,15)(H,13,14). The SMILES string of the molecule is CCNC(=O)C(C)N(C)CCCC(=O)O. The highest BCUT2D eigenvalue weighted by atomic mass is 16.4. The summed E-state index contributed by atoms with van der Waals surface area (Å²) in [6.07, 6.45) is 0.710. The van der Waals surface area contributed by atoms with Crippen LogP contribution in [-0.2, 0) is 9.59 Å². The third kappa shape index (κ3) is 6.06. The molecule has 0 radical (unpaired) electrons. The van der Waals surface area contributed by atoms with Gasteiger partial charge in [-0.25, -0.2) is 0 Å². The van der Waals surface area contributed by atoms with Gasteiger partial charge < -0.3 is 10.4 Å². The average Bonchev–Trinajstić information content (AvgIpc) is 2.16. The van der Waals surface area contributed by atoms with Crippen molar-refractivity contribution in [3.05, 3.63) is 0 Å². The zero-order valence-corrected chi connectivity index (χ0v) is 9.62.